The highest BCUT2D eigenvalue weighted by Gasteiger charge is 2.21. The minimum absolute atomic E-state index is 0.0628. The maximum Gasteiger partial charge on any atom is 0.257 e. The molecule has 0 aliphatic carbocycles. The minimum atomic E-state index is -0.588. The average Bonchev–Trinajstić information content (AvgIpc) is 2.45. The van der Waals surface area contributed by atoms with E-state index in [1.54, 1.807) is 19.2 Å². The van der Waals surface area contributed by atoms with E-state index >= 15 is 0 Å². The van der Waals surface area contributed by atoms with Crippen LogP contribution in [0.15, 0.2) is 42.5 Å². The number of hydrogen-bond donors (Lipinski definition) is 1. The standard InChI is InChI=1S/C16H15ClFNO2/c1-10(11-4-3-5-12(17)8-11)19(2)16(21)14-7-6-13(18)9-15(14)20/h3-10,20H,1-2H3. The molecule has 0 fully saturated rings. The van der Waals surface area contributed by atoms with Gasteiger partial charge >= 0.3 is 0 Å². The van der Waals surface area contributed by atoms with Crippen LogP contribution < -0.4 is 0 Å². The maximum atomic E-state index is 13.0. The summed E-state index contributed by atoms with van der Waals surface area (Å²) >= 11 is 5.95. The van der Waals surface area contributed by atoms with Crippen LogP contribution >= 0.6 is 11.6 Å². The Kier molecular flexibility index (Phi) is 4.48. The van der Waals surface area contributed by atoms with Crippen LogP contribution in [0.3, 0.4) is 0 Å². The zero-order chi connectivity index (χ0) is 15.6. The summed E-state index contributed by atoms with van der Waals surface area (Å²) in [6.45, 7) is 1.85. The molecule has 0 saturated carbocycles. The summed E-state index contributed by atoms with van der Waals surface area (Å²) in [5.74, 6) is -1.35. The highest BCUT2D eigenvalue weighted by Crippen LogP contribution is 2.26. The molecule has 21 heavy (non-hydrogen) atoms. The van der Waals surface area contributed by atoms with Crippen molar-refractivity contribution in [2.24, 2.45) is 0 Å². The molecule has 5 heteroatoms. The molecule has 0 saturated heterocycles. The third-order valence-electron chi connectivity index (χ3n) is 3.42. The van der Waals surface area contributed by atoms with Crippen molar-refractivity contribution in [2.75, 3.05) is 7.05 Å². The van der Waals surface area contributed by atoms with Crippen molar-refractivity contribution in [3.63, 3.8) is 0 Å². The number of phenols is 1. The Morgan fingerprint density at radius 1 is 1.29 bits per heavy atom. The molecule has 0 aromatic heterocycles. The largest absolute Gasteiger partial charge is 0.507 e. The summed E-state index contributed by atoms with van der Waals surface area (Å²) in [4.78, 5) is 13.9. The number of aromatic hydroxyl groups is 1. The quantitative estimate of drug-likeness (QED) is 0.930. The molecule has 2 aromatic rings. The second kappa shape index (κ2) is 6.14. The number of rotatable bonds is 3. The zero-order valence-electron chi connectivity index (χ0n) is 11.7. The maximum absolute atomic E-state index is 13.0. The molecule has 1 unspecified atom stereocenters. The number of amides is 1. The van der Waals surface area contributed by atoms with Crippen molar-refractivity contribution < 1.29 is 14.3 Å². The van der Waals surface area contributed by atoms with Gasteiger partial charge in [-0.15, -0.1) is 0 Å². The van der Waals surface area contributed by atoms with Crippen LogP contribution in [0, 0.1) is 5.82 Å². The number of halogens is 2. The van der Waals surface area contributed by atoms with E-state index in [9.17, 15) is 14.3 Å². The van der Waals surface area contributed by atoms with Gasteiger partial charge in [-0.05, 0) is 36.8 Å². The smallest absolute Gasteiger partial charge is 0.257 e. The van der Waals surface area contributed by atoms with Gasteiger partial charge < -0.3 is 10.0 Å². The van der Waals surface area contributed by atoms with Gasteiger partial charge in [0.15, 0.2) is 0 Å². The van der Waals surface area contributed by atoms with E-state index in [4.69, 9.17) is 11.6 Å². The summed E-state index contributed by atoms with van der Waals surface area (Å²) in [5, 5.41) is 10.3. The van der Waals surface area contributed by atoms with Gasteiger partial charge in [0.1, 0.15) is 11.6 Å². The van der Waals surface area contributed by atoms with Crippen molar-refractivity contribution in [1.29, 1.82) is 0 Å². The van der Waals surface area contributed by atoms with Gasteiger partial charge in [-0.3, -0.25) is 4.79 Å². The Bertz CT molecular complexity index is 675. The normalized spacial score (nSPS) is 12.0. The SMILES string of the molecule is CC(c1cccc(Cl)c1)N(C)C(=O)c1ccc(F)cc1O. The van der Waals surface area contributed by atoms with Crippen LogP contribution in [-0.4, -0.2) is 23.0 Å². The number of phenolic OH excluding ortho intramolecular Hbond substituents is 1. The van der Waals surface area contributed by atoms with Crippen LogP contribution in [0.1, 0.15) is 28.9 Å². The summed E-state index contributed by atoms with van der Waals surface area (Å²) in [6, 6.07) is 10.3. The molecule has 2 aromatic carbocycles. The van der Waals surface area contributed by atoms with Crippen molar-refractivity contribution in [3.05, 3.63) is 64.4 Å². The summed E-state index contributed by atoms with van der Waals surface area (Å²) in [5.41, 5.74) is 0.938. The van der Waals surface area contributed by atoms with E-state index in [1.165, 1.54) is 11.0 Å². The van der Waals surface area contributed by atoms with E-state index in [2.05, 4.69) is 0 Å². The first-order chi connectivity index (χ1) is 9.90. The van der Waals surface area contributed by atoms with E-state index in [0.717, 1.165) is 17.7 Å². The summed E-state index contributed by atoms with van der Waals surface area (Å²) in [7, 11) is 1.62. The van der Waals surface area contributed by atoms with E-state index < -0.39 is 5.82 Å². The van der Waals surface area contributed by atoms with Crippen molar-refractivity contribution in [2.45, 2.75) is 13.0 Å². The lowest BCUT2D eigenvalue weighted by atomic mass is 10.1. The van der Waals surface area contributed by atoms with E-state index in [-0.39, 0.29) is 23.3 Å². The van der Waals surface area contributed by atoms with Crippen LogP contribution in [-0.2, 0) is 0 Å². The van der Waals surface area contributed by atoms with Gasteiger partial charge in [-0.25, -0.2) is 4.39 Å². The molecule has 0 aliphatic heterocycles. The molecule has 2 rings (SSSR count). The molecule has 1 atom stereocenters. The van der Waals surface area contributed by atoms with Crippen molar-refractivity contribution >= 4 is 17.5 Å². The molecule has 0 heterocycles. The monoisotopic (exact) mass is 307 g/mol. The van der Waals surface area contributed by atoms with Gasteiger partial charge in [-0.1, -0.05) is 23.7 Å². The second-order valence-electron chi connectivity index (χ2n) is 4.81. The fourth-order valence-electron chi connectivity index (χ4n) is 2.04. The number of benzene rings is 2. The fraction of sp³-hybridized carbons (Fsp3) is 0.188. The average molecular weight is 308 g/mol. The first-order valence-electron chi connectivity index (χ1n) is 6.41. The third-order valence-corrected chi connectivity index (χ3v) is 3.66. The number of hydrogen-bond acceptors (Lipinski definition) is 2. The first kappa shape index (κ1) is 15.3. The number of nitrogens with zero attached hydrogens (tertiary/aromatic N) is 1. The Balaban J connectivity index is 2.26. The first-order valence-corrected chi connectivity index (χ1v) is 6.79. The molecule has 1 amide bonds. The van der Waals surface area contributed by atoms with E-state index in [1.807, 2.05) is 19.1 Å². The van der Waals surface area contributed by atoms with Gasteiger partial charge in [0.2, 0.25) is 0 Å². The minimum Gasteiger partial charge on any atom is -0.507 e. The molecular formula is C16H15ClFNO2. The molecule has 110 valence electrons. The highest BCUT2D eigenvalue weighted by atomic mass is 35.5. The van der Waals surface area contributed by atoms with Crippen LogP contribution in [0.5, 0.6) is 5.75 Å². The van der Waals surface area contributed by atoms with Gasteiger partial charge in [0.25, 0.3) is 5.91 Å². The molecule has 0 radical (unpaired) electrons. The van der Waals surface area contributed by atoms with Crippen LogP contribution in [0.2, 0.25) is 5.02 Å². The Morgan fingerprint density at radius 2 is 2.00 bits per heavy atom. The molecule has 3 nitrogen and oxygen atoms in total. The van der Waals surface area contributed by atoms with Gasteiger partial charge in [0, 0.05) is 18.1 Å². The van der Waals surface area contributed by atoms with Crippen molar-refractivity contribution in [1.82, 2.24) is 4.90 Å². The molecular weight excluding hydrogens is 293 g/mol. The van der Waals surface area contributed by atoms with Crippen LogP contribution in [0.4, 0.5) is 4.39 Å². The predicted molar refractivity (Wildman–Crippen MR) is 80.0 cm³/mol. The van der Waals surface area contributed by atoms with Gasteiger partial charge in [0.05, 0.1) is 11.6 Å². The zero-order valence-corrected chi connectivity index (χ0v) is 12.4. The Hall–Kier alpha value is -2.07. The predicted octanol–water partition coefficient (Wildman–Crippen LogP) is 4.02. The van der Waals surface area contributed by atoms with Crippen LogP contribution in [0.25, 0.3) is 0 Å². The number of carbonyl (C=O) groups is 1. The molecule has 0 aliphatic rings. The Labute approximate surface area is 127 Å². The molecule has 1 N–H and O–H groups in total. The summed E-state index contributed by atoms with van der Waals surface area (Å²) in [6.07, 6.45) is 0. The van der Waals surface area contributed by atoms with E-state index in [0.29, 0.717) is 5.02 Å². The summed E-state index contributed by atoms with van der Waals surface area (Å²) < 4.78 is 13.0. The molecule has 0 bridgehead atoms. The van der Waals surface area contributed by atoms with Gasteiger partial charge in [-0.2, -0.15) is 0 Å². The Morgan fingerprint density at radius 3 is 2.62 bits per heavy atom. The lowest BCUT2D eigenvalue weighted by molar-refractivity contribution is 0.0739. The third kappa shape index (κ3) is 3.34. The lowest BCUT2D eigenvalue weighted by Gasteiger charge is -2.26. The molecule has 0 spiro atoms. The topological polar surface area (TPSA) is 40.5 Å². The number of carbonyl (C=O) groups excluding carboxylic acids is 1. The fourth-order valence-corrected chi connectivity index (χ4v) is 2.24. The highest BCUT2D eigenvalue weighted by molar-refractivity contribution is 6.30. The second-order valence-corrected chi connectivity index (χ2v) is 5.24. The van der Waals surface area contributed by atoms with Crippen molar-refractivity contribution in [3.8, 4) is 5.75 Å². The lowest BCUT2D eigenvalue weighted by Crippen LogP contribution is -2.29.